The summed E-state index contributed by atoms with van der Waals surface area (Å²) in [5, 5.41) is 9.45. The largest absolute Gasteiger partial charge is 0.494 e. The summed E-state index contributed by atoms with van der Waals surface area (Å²) in [4.78, 5) is 49.0. The molecule has 1 N–H and O–H groups in total. The van der Waals surface area contributed by atoms with Crippen molar-refractivity contribution in [1.82, 2.24) is 9.80 Å². The van der Waals surface area contributed by atoms with Crippen LogP contribution in [0.4, 0.5) is 5.69 Å². The van der Waals surface area contributed by atoms with Gasteiger partial charge >= 0.3 is 0 Å². The minimum Gasteiger partial charge on any atom is -0.494 e. The molecular formula is C34H49N3O5S. The molecule has 0 aromatic heterocycles. The normalized spacial score (nSPS) is 28.0. The number of unbranched alkanes of at least 4 members (excludes halogenated alkanes) is 1. The second kappa shape index (κ2) is 14.3. The molecule has 1 aromatic carbocycles. The highest BCUT2D eigenvalue weighted by Crippen LogP contribution is 2.69. The van der Waals surface area contributed by atoms with Gasteiger partial charge < -0.3 is 24.5 Å². The van der Waals surface area contributed by atoms with Gasteiger partial charge in [-0.3, -0.25) is 14.4 Å². The summed E-state index contributed by atoms with van der Waals surface area (Å²) in [5.74, 6) is -0.579. The first-order chi connectivity index (χ1) is 20.7. The van der Waals surface area contributed by atoms with Crippen molar-refractivity contribution in [2.75, 3.05) is 37.7 Å². The van der Waals surface area contributed by atoms with Gasteiger partial charge in [-0.2, -0.15) is 0 Å². The monoisotopic (exact) mass is 611 g/mol. The fraction of sp³-hybridized carbons (Fsp3) is 0.618. The van der Waals surface area contributed by atoms with Crippen LogP contribution in [0.15, 0.2) is 49.6 Å². The van der Waals surface area contributed by atoms with Crippen molar-refractivity contribution < 1.29 is 24.2 Å². The Kier molecular flexibility index (Phi) is 11.0. The minimum absolute atomic E-state index is 0.000533. The molecule has 3 saturated heterocycles. The predicted molar refractivity (Wildman–Crippen MR) is 173 cm³/mol. The maximum atomic E-state index is 14.6. The fourth-order valence-electron chi connectivity index (χ4n) is 7.59. The number of aliphatic hydroxyl groups is 1. The zero-order valence-corrected chi connectivity index (χ0v) is 27.1. The highest BCUT2D eigenvalue weighted by Gasteiger charge is 2.76. The van der Waals surface area contributed by atoms with E-state index >= 15 is 0 Å². The number of hydrogen-bond acceptors (Lipinski definition) is 6. The lowest BCUT2D eigenvalue weighted by Crippen LogP contribution is -2.58. The van der Waals surface area contributed by atoms with Crippen LogP contribution >= 0.6 is 11.8 Å². The number of amides is 3. The number of rotatable bonds is 16. The van der Waals surface area contributed by atoms with E-state index in [0.29, 0.717) is 39.1 Å². The smallest absolute Gasteiger partial charge is 0.247 e. The summed E-state index contributed by atoms with van der Waals surface area (Å²) in [6.45, 7) is 17.7. The van der Waals surface area contributed by atoms with Crippen LogP contribution in [0.2, 0.25) is 0 Å². The Labute approximate surface area is 261 Å². The molecule has 7 atom stereocenters. The molecule has 3 fully saturated rings. The second-order valence-electron chi connectivity index (χ2n) is 12.1. The standard InChI is InChI=1S/C34H49N3O5S/c1-7-13-24(6)35(18-8-2)33(41)30-34-23(5)22-27(43-34)28(29(34)32(40)37(30)20-11-12-21-38)31(39)36(19-9-3)25-14-16-26(17-15-25)42-10-4/h8-9,14-17,23-24,27-30,38H,2-3,7,10-13,18-22H2,1,4-6H3/t23?,24?,27-,28+,29+,30?,34?/m1/s1. The van der Waals surface area contributed by atoms with Gasteiger partial charge in [0, 0.05) is 43.2 Å². The highest BCUT2D eigenvalue weighted by atomic mass is 32.2. The van der Waals surface area contributed by atoms with Crippen LogP contribution in [-0.4, -0.2) is 87.6 Å². The molecule has 1 spiro atoms. The maximum absolute atomic E-state index is 14.6. The van der Waals surface area contributed by atoms with Crippen molar-refractivity contribution in [1.29, 1.82) is 0 Å². The lowest BCUT2D eigenvalue weighted by Gasteiger charge is -2.42. The third-order valence-corrected chi connectivity index (χ3v) is 11.5. The summed E-state index contributed by atoms with van der Waals surface area (Å²) in [6, 6.07) is 6.79. The van der Waals surface area contributed by atoms with Crippen LogP contribution in [-0.2, 0) is 14.4 Å². The fourth-order valence-corrected chi connectivity index (χ4v) is 10.0. The first kappa shape index (κ1) is 33.1. The number of benzene rings is 1. The van der Waals surface area contributed by atoms with E-state index in [9.17, 15) is 19.5 Å². The predicted octanol–water partition coefficient (Wildman–Crippen LogP) is 4.92. The molecule has 3 aliphatic rings. The maximum Gasteiger partial charge on any atom is 0.247 e. The SMILES string of the molecule is C=CCN(C(=O)[C@@H]1[C@H]2C(=O)N(CCCCO)C(C(=O)N(CC=C)C(C)CCC)C23S[C@@H]1CC3C)c1ccc(OCC)cc1. The minimum atomic E-state index is -0.692. The van der Waals surface area contributed by atoms with E-state index in [4.69, 9.17) is 4.74 Å². The molecule has 236 valence electrons. The first-order valence-electron chi connectivity index (χ1n) is 15.9. The number of fused-ring (bicyclic) bond motifs is 1. The third-order valence-electron chi connectivity index (χ3n) is 9.46. The Morgan fingerprint density at radius 3 is 2.47 bits per heavy atom. The van der Waals surface area contributed by atoms with Crippen LogP contribution < -0.4 is 9.64 Å². The van der Waals surface area contributed by atoms with Gasteiger partial charge in [-0.05, 0) is 69.7 Å². The summed E-state index contributed by atoms with van der Waals surface area (Å²) in [6.07, 6.45) is 7.17. The number of carbonyl (C=O) groups excluding carboxylic acids is 3. The first-order valence-corrected chi connectivity index (χ1v) is 16.7. The van der Waals surface area contributed by atoms with Gasteiger partial charge in [0.2, 0.25) is 17.7 Å². The number of likely N-dealkylation sites (tertiary alicyclic amines) is 1. The molecule has 3 heterocycles. The van der Waals surface area contributed by atoms with Gasteiger partial charge in [0.1, 0.15) is 11.8 Å². The number of thioether (sulfide) groups is 1. The van der Waals surface area contributed by atoms with Gasteiger partial charge in [-0.15, -0.1) is 24.9 Å². The zero-order chi connectivity index (χ0) is 31.3. The number of anilines is 1. The van der Waals surface area contributed by atoms with Crippen LogP contribution in [0.1, 0.15) is 59.8 Å². The summed E-state index contributed by atoms with van der Waals surface area (Å²) in [5.41, 5.74) is 0.728. The Bertz CT molecular complexity index is 1180. The Balaban J connectivity index is 1.75. The zero-order valence-electron chi connectivity index (χ0n) is 26.2. The average Bonchev–Trinajstić information content (AvgIpc) is 3.58. The van der Waals surface area contributed by atoms with Crippen LogP contribution in [0.25, 0.3) is 0 Å². The van der Waals surface area contributed by atoms with Crippen molar-refractivity contribution in [2.24, 2.45) is 17.8 Å². The van der Waals surface area contributed by atoms with E-state index in [0.717, 1.165) is 30.7 Å². The van der Waals surface area contributed by atoms with Crippen LogP contribution in [0.3, 0.4) is 0 Å². The van der Waals surface area contributed by atoms with Gasteiger partial charge in [0.05, 0.1) is 23.2 Å². The quantitative estimate of drug-likeness (QED) is 0.211. The lowest BCUT2D eigenvalue weighted by atomic mass is 9.65. The molecule has 8 nitrogen and oxygen atoms in total. The molecule has 0 saturated carbocycles. The van der Waals surface area contributed by atoms with Crippen molar-refractivity contribution >= 4 is 35.2 Å². The Morgan fingerprint density at radius 2 is 1.86 bits per heavy atom. The van der Waals surface area contributed by atoms with E-state index in [2.05, 4.69) is 33.9 Å². The van der Waals surface area contributed by atoms with Gasteiger partial charge in [-0.1, -0.05) is 32.4 Å². The molecule has 0 radical (unpaired) electrons. The molecule has 9 heteroatoms. The molecule has 4 rings (SSSR count). The van der Waals surface area contributed by atoms with Gasteiger partial charge in [-0.25, -0.2) is 0 Å². The number of ether oxygens (including phenoxy) is 1. The van der Waals surface area contributed by atoms with Crippen molar-refractivity contribution in [3.8, 4) is 5.75 Å². The van der Waals surface area contributed by atoms with E-state index in [1.807, 2.05) is 36.1 Å². The van der Waals surface area contributed by atoms with Gasteiger partial charge in [0.15, 0.2) is 0 Å². The number of carbonyl (C=O) groups is 3. The lowest BCUT2D eigenvalue weighted by molar-refractivity contribution is -0.144. The number of nitrogens with zero attached hydrogens (tertiary/aromatic N) is 3. The molecule has 4 unspecified atom stereocenters. The Morgan fingerprint density at radius 1 is 1.16 bits per heavy atom. The summed E-state index contributed by atoms with van der Waals surface area (Å²) < 4.78 is 4.91. The summed E-state index contributed by atoms with van der Waals surface area (Å²) in [7, 11) is 0. The van der Waals surface area contributed by atoms with E-state index in [1.165, 1.54) is 0 Å². The molecule has 0 aliphatic carbocycles. The van der Waals surface area contributed by atoms with Gasteiger partial charge in [0.25, 0.3) is 0 Å². The van der Waals surface area contributed by atoms with Crippen molar-refractivity contribution in [2.45, 2.75) is 81.9 Å². The van der Waals surface area contributed by atoms with Crippen molar-refractivity contribution in [3.05, 3.63) is 49.6 Å². The third kappa shape index (κ3) is 5.99. The highest BCUT2D eigenvalue weighted by molar-refractivity contribution is 8.02. The van der Waals surface area contributed by atoms with E-state index in [1.54, 1.807) is 33.7 Å². The molecular weight excluding hydrogens is 562 g/mol. The Hall–Kier alpha value is -2.78. The van der Waals surface area contributed by atoms with E-state index in [-0.39, 0.29) is 41.5 Å². The molecule has 3 amide bonds. The molecule has 1 aromatic rings. The molecule has 3 aliphatic heterocycles. The topological polar surface area (TPSA) is 90.4 Å². The van der Waals surface area contributed by atoms with Crippen LogP contribution in [0, 0.1) is 17.8 Å². The number of hydrogen-bond donors (Lipinski definition) is 1. The van der Waals surface area contributed by atoms with Crippen molar-refractivity contribution in [3.63, 3.8) is 0 Å². The summed E-state index contributed by atoms with van der Waals surface area (Å²) >= 11 is 1.70. The average molecular weight is 612 g/mol. The molecule has 43 heavy (non-hydrogen) atoms. The van der Waals surface area contributed by atoms with E-state index < -0.39 is 22.6 Å². The number of aliphatic hydroxyl groups excluding tert-OH is 1. The second-order valence-corrected chi connectivity index (χ2v) is 13.6. The van der Waals surface area contributed by atoms with Crippen LogP contribution in [0.5, 0.6) is 5.75 Å². The molecule has 2 bridgehead atoms.